The molecule has 0 radical (unpaired) electrons. The quantitative estimate of drug-likeness (QED) is 0.941. The molecule has 2 unspecified atom stereocenters. The lowest BCUT2D eigenvalue weighted by Crippen LogP contribution is -2.23. The van der Waals surface area contributed by atoms with Crippen molar-refractivity contribution in [2.24, 2.45) is 5.92 Å². The first kappa shape index (κ1) is 13.2. The first-order valence-corrected chi connectivity index (χ1v) is 8.31. The second kappa shape index (κ2) is 5.71. The summed E-state index contributed by atoms with van der Waals surface area (Å²) in [5.74, 6) is 0.435. The van der Waals surface area contributed by atoms with Gasteiger partial charge in [0.15, 0.2) is 0 Å². The van der Waals surface area contributed by atoms with Gasteiger partial charge in [0.1, 0.15) is 5.01 Å². The van der Waals surface area contributed by atoms with Crippen LogP contribution in [0.15, 0.2) is 23.7 Å². The molecule has 19 heavy (non-hydrogen) atoms. The highest BCUT2D eigenvalue weighted by molar-refractivity contribution is 7.20. The Balaban J connectivity index is 1.62. The first-order valence-electron chi connectivity index (χ1n) is 6.61. The Hall–Kier alpha value is -0.750. The van der Waals surface area contributed by atoms with E-state index in [0.717, 1.165) is 31.1 Å². The maximum Gasteiger partial charge on any atom is 0.133 e. The van der Waals surface area contributed by atoms with Crippen molar-refractivity contribution < 1.29 is 5.11 Å². The third-order valence-electron chi connectivity index (χ3n) is 3.66. The van der Waals surface area contributed by atoms with Gasteiger partial charge in [-0.05, 0) is 37.3 Å². The van der Waals surface area contributed by atoms with E-state index in [1.165, 1.54) is 9.75 Å². The number of hydrogen-bond donors (Lipinski definition) is 1. The number of aliphatic hydroxyl groups is 1. The highest BCUT2D eigenvalue weighted by Crippen LogP contribution is 2.30. The summed E-state index contributed by atoms with van der Waals surface area (Å²) in [6.45, 7) is 4.95. The Morgan fingerprint density at radius 1 is 1.58 bits per heavy atom. The molecule has 102 valence electrons. The van der Waals surface area contributed by atoms with Crippen molar-refractivity contribution in [2.75, 3.05) is 13.1 Å². The molecule has 0 saturated carbocycles. The van der Waals surface area contributed by atoms with E-state index < -0.39 is 0 Å². The van der Waals surface area contributed by atoms with E-state index in [1.54, 1.807) is 22.7 Å². The lowest BCUT2D eigenvalue weighted by molar-refractivity contribution is 0.127. The summed E-state index contributed by atoms with van der Waals surface area (Å²) in [4.78, 5) is 9.49. The van der Waals surface area contributed by atoms with Crippen molar-refractivity contribution in [3.8, 4) is 9.88 Å². The van der Waals surface area contributed by atoms with Gasteiger partial charge >= 0.3 is 0 Å². The zero-order valence-electron chi connectivity index (χ0n) is 11.0. The van der Waals surface area contributed by atoms with Crippen LogP contribution in [0.3, 0.4) is 0 Å². The van der Waals surface area contributed by atoms with Crippen LogP contribution in [0.1, 0.15) is 18.2 Å². The van der Waals surface area contributed by atoms with Crippen molar-refractivity contribution in [1.82, 2.24) is 9.88 Å². The lowest BCUT2D eigenvalue weighted by atomic mass is 10.0. The molecule has 1 N–H and O–H groups in total. The summed E-state index contributed by atoms with van der Waals surface area (Å²) >= 11 is 3.52. The largest absolute Gasteiger partial charge is 0.393 e. The van der Waals surface area contributed by atoms with Crippen LogP contribution >= 0.6 is 22.7 Å². The van der Waals surface area contributed by atoms with Crippen molar-refractivity contribution in [1.29, 1.82) is 0 Å². The zero-order chi connectivity index (χ0) is 13.2. The minimum atomic E-state index is -0.187. The molecule has 1 aliphatic heterocycles. The molecule has 2 aromatic heterocycles. The number of rotatable bonds is 4. The number of nitrogens with zero attached hydrogens (tertiary/aromatic N) is 2. The minimum absolute atomic E-state index is 0.187. The molecule has 0 aromatic carbocycles. The van der Waals surface area contributed by atoms with Crippen LogP contribution in [0.2, 0.25) is 0 Å². The van der Waals surface area contributed by atoms with Crippen molar-refractivity contribution >= 4 is 22.7 Å². The SMILES string of the molecule is CC(O)C1CCN(Cc2cnc(-c3cccs3)s2)C1. The number of thiophene rings is 1. The van der Waals surface area contributed by atoms with Gasteiger partial charge < -0.3 is 5.11 Å². The van der Waals surface area contributed by atoms with Crippen molar-refractivity contribution in [3.05, 3.63) is 28.6 Å². The second-order valence-corrected chi connectivity index (χ2v) is 7.20. The second-order valence-electron chi connectivity index (χ2n) is 5.13. The summed E-state index contributed by atoms with van der Waals surface area (Å²) in [7, 11) is 0. The third kappa shape index (κ3) is 3.05. The van der Waals surface area contributed by atoms with Gasteiger partial charge in [0.05, 0.1) is 11.0 Å². The topological polar surface area (TPSA) is 36.4 Å². The van der Waals surface area contributed by atoms with Crippen LogP contribution in [-0.4, -0.2) is 34.2 Å². The number of hydrogen-bond acceptors (Lipinski definition) is 5. The highest BCUT2D eigenvalue weighted by atomic mass is 32.1. The van der Waals surface area contributed by atoms with Gasteiger partial charge in [0.25, 0.3) is 0 Å². The standard InChI is InChI=1S/C14H18N2OS2/c1-10(17)11-4-5-16(8-11)9-12-7-15-14(19-12)13-3-2-6-18-13/h2-3,6-7,10-11,17H,4-5,8-9H2,1H3. The molecule has 0 spiro atoms. The van der Waals surface area contributed by atoms with Gasteiger partial charge in [-0.25, -0.2) is 4.98 Å². The van der Waals surface area contributed by atoms with E-state index in [0.29, 0.717) is 5.92 Å². The maximum absolute atomic E-state index is 9.63. The Morgan fingerprint density at radius 3 is 3.16 bits per heavy atom. The van der Waals surface area contributed by atoms with Gasteiger partial charge in [-0.3, -0.25) is 4.90 Å². The molecular formula is C14H18N2OS2. The van der Waals surface area contributed by atoms with E-state index >= 15 is 0 Å². The monoisotopic (exact) mass is 294 g/mol. The summed E-state index contributed by atoms with van der Waals surface area (Å²) < 4.78 is 0. The fourth-order valence-electron chi connectivity index (χ4n) is 2.52. The molecule has 5 heteroatoms. The molecule has 1 aliphatic rings. The van der Waals surface area contributed by atoms with Crippen LogP contribution in [0.5, 0.6) is 0 Å². The summed E-state index contributed by atoms with van der Waals surface area (Å²) in [6.07, 6.45) is 2.91. The summed E-state index contributed by atoms with van der Waals surface area (Å²) in [6, 6.07) is 4.18. The smallest absolute Gasteiger partial charge is 0.133 e. The van der Waals surface area contributed by atoms with Crippen LogP contribution in [0.4, 0.5) is 0 Å². The lowest BCUT2D eigenvalue weighted by Gasteiger charge is -2.16. The van der Waals surface area contributed by atoms with E-state index in [-0.39, 0.29) is 6.10 Å². The Morgan fingerprint density at radius 2 is 2.47 bits per heavy atom. The Bertz CT molecular complexity index is 521. The van der Waals surface area contributed by atoms with E-state index in [1.807, 2.05) is 13.1 Å². The molecule has 2 aromatic rings. The fraction of sp³-hybridized carbons (Fsp3) is 0.500. The van der Waals surface area contributed by atoms with E-state index in [4.69, 9.17) is 0 Å². The maximum atomic E-state index is 9.63. The average Bonchev–Trinajstić information content (AvgIpc) is 3.09. The molecule has 2 atom stereocenters. The Kier molecular flexibility index (Phi) is 3.98. The van der Waals surface area contributed by atoms with Crippen LogP contribution < -0.4 is 0 Å². The third-order valence-corrected chi connectivity index (χ3v) is 5.68. The van der Waals surface area contributed by atoms with E-state index in [9.17, 15) is 5.11 Å². The van der Waals surface area contributed by atoms with Gasteiger partial charge in [-0.1, -0.05) is 6.07 Å². The van der Waals surface area contributed by atoms with Gasteiger partial charge in [-0.2, -0.15) is 0 Å². The highest BCUT2D eigenvalue weighted by Gasteiger charge is 2.26. The molecule has 0 aliphatic carbocycles. The first-order chi connectivity index (χ1) is 9.22. The normalized spacial score (nSPS) is 21.9. The summed E-state index contributed by atoms with van der Waals surface area (Å²) in [5, 5.41) is 12.8. The van der Waals surface area contributed by atoms with Crippen LogP contribution in [-0.2, 0) is 6.54 Å². The number of thiazole rings is 1. The number of likely N-dealkylation sites (tertiary alicyclic amines) is 1. The van der Waals surface area contributed by atoms with Gasteiger partial charge in [-0.15, -0.1) is 22.7 Å². The van der Waals surface area contributed by atoms with Crippen molar-refractivity contribution in [3.63, 3.8) is 0 Å². The van der Waals surface area contributed by atoms with Crippen LogP contribution in [0, 0.1) is 5.92 Å². The number of aromatic nitrogens is 1. The molecular weight excluding hydrogens is 276 g/mol. The Labute approximate surface area is 121 Å². The molecule has 0 amide bonds. The average molecular weight is 294 g/mol. The zero-order valence-corrected chi connectivity index (χ0v) is 12.6. The molecule has 0 bridgehead atoms. The fourth-order valence-corrected chi connectivity index (χ4v) is 4.27. The van der Waals surface area contributed by atoms with Gasteiger partial charge in [0, 0.05) is 24.2 Å². The minimum Gasteiger partial charge on any atom is -0.393 e. The summed E-state index contributed by atoms with van der Waals surface area (Å²) in [5.41, 5.74) is 0. The molecule has 1 saturated heterocycles. The molecule has 3 rings (SSSR count). The van der Waals surface area contributed by atoms with Crippen LogP contribution in [0.25, 0.3) is 9.88 Å². The van der Waals surface area contributed by atoms with E-state index in [2.05, 4.69) is 27.4 Å². The van der Waals surface area contributed by atoms with Crippen molar-refractivity contribution in [2.45, 2.75) is 26.0 Å². The van der Waals surface area contributed by atoms with Gasteiger partial charge in [0.2, 0.25) is 0 Å². The predicted molar refractivity (Wildman–Crippen MR) is 80.5 cm³/mol. The molecule has 3 heterocycles. The predicted octanol–water partition coefficient (Wildman–Crippen LogP) is 3.07. The number of aliphatic hydroxyl groups excluding tert-OH is 1. The molecule has 3 nitrogen and oxygen atoms in total. The molecule has 1 fully saturated rings.